The van der Waals surface area contributed by atoms with Crippen LogP contribution in [0.25, 0.3) is 5.69 Å². The fourth-order valence-electron chi connectivity index (χ4n) is 2.89. The van der Waals surface area contributed by atoms with Crippen LogP contribution in [-0.2, 0) is 4.74 Å². The molecule has 132 valence electrons. The minimum atomic E-state index is -0.478. The molecular formula is C18H20FN3O3. The molecule has 0 spiro atoms. The number of nitrogens with zero attached hydrogens (tertiary/aromatic N) is 3. The second kappa shape index (κ2) is 6.76. The number of hydrogen-bond donors (Lipinski definition) is 0. The van der Waals surface area contributed by atoms with E-state index in [0.29, 0.717) is 18.8 Å². The van der Waals surface area contributed by atoms with Crippen molar-refractivity contribution in [2.75, 3.05) is 13.2 Å². The molecule has 1 fully saturated rings. The lowest BCUT2D eigenvalue weighted by atomic mass is 10.2. The van der Waals surface area contributed by atoms with Gasteiger partial charge in [-0.2, -0.15) is 5.10 Å². The number of aryl methyl sites for hydroxylation is 1. The smallest absolute Gasteiger partial charge is 0.278 e. The van der Waals surface area contributed by atoms with E-state index < -0.39 is 17.2 Å². The number of carbonyl (C=O) groups is 1. The number of carbonyl (C=O) groups excluding carboxylic acids is 1. The molecule has 6 nitrogen and oxygen atoms in total. The van der Waals surface area contributed by atoms with Gasteiger partial charge in [-0.15, -0.1) is 0 Å². The fraction of sp³-hybridized carbons (Fsp3) is 0.389. The number of morpholine rings is 1. The molecule has 1 aromatic heterocycles. The highest BCUT2D eigenvalue weighted by Gasteiger charge is 2.30. The normalized spacial score (nSPS) is 20.6. The lowest BCUT2D eigenvalue weighted by Gasteiger charge is -2.36. The van der Waals surface area contributed by atoms with Crippen molar-refractivity contribution < 1.29 is 13.9 Å². The molecule has 1 saturated heterocycles. The Hall–Kier alpha value is -2.54. The molecule has 2 heterocycles. The van der Waals surface area contributed by atoms with Crippen molar-refractivity contribution in [3.8, 4) is 5.69 Å². The van der Waals surface area contributed by atoms with Gasteiger partial charge in [0.1, 0.15) is 11.5 Å². The average molecular weight is 345 g/mol. The number of amides is 1. The Bertz CT molecular complexity index is 865. The van der Waals surface area contributed by atoms with Crippen LogP contribution in [0, 0.1) is 12.7 Å². The lowest BCUT2D eigenvalue weighted by molar-refractivity contribution is -0.0390. The van der Waals surface area contributed by atoms with E-state index in [2.05, 4.69) is 5.10 Å². The maximum Gasteiger partial charge on any atom is 0.278 e. The van der Waals surface area contributed by atoms with E-state index in [9.17, 15) is 14.0 Å². The zero-order chi connectivity index (χ0) is 18.1. The minimum absolute atomic E-state index is 0.112. The van der Waals surface area contributed by atoms with Gasteiger partial charge in [0.2, 0.25) is 5.43 Å². The molecule has 2 unspecified atom stereocenters. The summed E-state index contributed by atoms with van der Waals surface area (Å²) in [6.07, 6.45) is -0.112. The van der Waals surface area contributed by atoms with Gasteiger partial charge >= 0.3 is 0 Å². The van der Waals surface area contributed by atoms with E-state index in [1.165, 1.54) is 16.8 Å². The van der Waals surface area contributed by atoms with Gasteiger partial charge in [0.25, 0.3) is 5.91 Å². The molecule has 2 atom stereocenters. The van der Waals surface area contributed by atoms with Crippen LogP contribution < -0.4 is 5.43 Å². The molecule has 3 rings (SSSR count). The second-order valence-corrected chi connectivity index (χ2v) is 6.31. The van der Waals surface area contributed by atoms with E-state index >= 15 is 0 Å². The summed E-state index contributed by atoms with van der Waals surface area (Å²) in [6, 6.07) is 7.24. The van der Waals surface area contributed by atoms with E-state index in [1.807, 2.05) is 13.8 Å². The zero-order valence-electron chi connectivity index (χ0n) is 14.4. The Morgan fingerprint density at radius 2 is 2.04 bits per heavy atom. The third kappa shape index (κ3) is 3.32. The van der Waals surface area contributed by atoms with Crippen molar-refractivity contribution in [1.29, 1.82) is 0 Å². The monoisotopic (exact) mass is 345 g/mol. The van der Waals surface area contributed by atoms with Crippen LogP contribution in [0.2, 0.25) is 0 Å². The van der Waals surface area contributed by atoms with Crippen LogP contribution in [0.5, 0.6) is 0 Å². The maximum atomic E-state index is 14.1. The predicted octanol–water partition coefficient (Wildman–Crippen LogP) is 1.93. The minimum Gasteiger partial charge on any atom is -0.375 e. The Balaban J connectivity index is 2.05. The average Bonchev–Trinajstić information content (AvgIpc) is 2.57. The van der Waals surface area contributed by atoms with E-state index in [-0.39, 0.29) is 23.5 Å². The molecule has 1 aromatic carbocycles. The quantitative estimate of drug-likeness (QED) is 0.834. The third-order valence-corrected chi connectivity index (χ3v) is 4.26. The van der Waals surface area contributed by atoms with E-state index in [1.54, 1.807) is 30.0 Å². The van der Waals surface area contributed by atoms with Gasteiger partial charge in [-0.3, -0.25) is 9.59 Å². The number of hydrogen-bond acceptors (Lipinski definition) is 4. The van der Waals surface area contributed by atoms with Crippen molar-refractivity contribution in [3.63, 3.8) is 0 Å². The maximum absolute atomic E-state index is 14.1. The van der Waals surface area contributed by atoms with Crippen LogP contribution in [0.4, 0.5) is 4.39 Å². The van der Waals surface area contributed by atoms with Crippen LogP contribution >= 0.6 is 0 Å². The molecule has 2 aromatic rings. The molecule has 0 N–H and O–H groups in total. The largest absolute Gasteiger partial charge is 0.375 e. The molecule has 0 bridgehead atoms. The fourth-order valence-corrected chi connectivity index (χ4v) is 2.89. The topological polar surface area (TPSA) is 64.4 Å². The standard InChI is InChI=1S/C18H20FN3O3/c1-11-8-16(23)17(18(24)21-9-13(3)25-10-12(21)2)20-22(11)15-7-5-4-6-14(15)19/h4-8,12-13H,9-10H2,1-3H3. The summed E-state index contributed by atoms with van der Waals surface area (Å²) in [7, 11) is 0. The van der Waals surface area contributed by atoms with Crippen molar-refractivity contribution >= 4 is 5.91 Å². The van der Waals surface area contributed by atoms with Gasteiger partial charge in [0, 0.05) is 18.3 Å². The van der Waals surface area contributed by atoms with Gasteiger partial charge in [-0.25, -0.2) is 9.07 Å². The first kappa shape index (κ1) is 17.3. The third-order valence-electron chi connectivity index (χ3n) is 4.26. The highest BCUT2D eigenvalue weighted by Crippen LogP contribution is 2.16. The lowest BCUT2D eigenvalue weighted by Crippen LogP contribution is -2.51. The molecule has 1 aliphatic heterocycles. The van der Waals surface area contributed by atoms with Crippen molar-refractivity contribution in [1.82, 2.24) is 14.7 Å². The van der Waals surface area contributed by atoms with Crippen LogP contribution in [0.3, 0.4) is 0 Å². The van der Waals surface area contributed by atoms with E-state index in [4.69, 9.17) is 4.74 Å². The Morgan fingerprint density at radius 1 is 1.32 bits per heavy atom. The predicted molar refractivity (Wildman–Crippen MR) is 90.4 cm³/mol. The second-order valence-electron chi connectivity index (χ2n) is 6.31. The van der Waals surface area contributed by atoms with Crippen LogP contribution in [-0.4, -0.2) is 45.9 Å². The molecule has 0 aliphatic carbocycles. The van der Waals surface area contributed by atoms with Gasteiger partial charge in [0.05, 0.1) is 18.8 Å². The van der Waals surface area contributed by atoms with Crippen molar-refractivity contribution in [3.05, 3.63) is 57.8 Å². The first-order valence-corrected chi connectivity index (χ1v) is 8.17. The molecule has 25 heavy (non-hydrogen) atoms. The number of rotatable bonds is 2. The summed E-state index contributed by atoms with van der Waals surface area (Å²) in [5.41, 5.74) is -0.0382. The summed E-state index contributed by atoms with van der Waals surface area (Å²) < 4.78 is 20.9. The van der Waals surface area contributed by atoms with Crippen LogP contribution in [0.15, 0.2) is 35.1 Å². The number of ether oxygens (including phenoxy) is 1. The number of para-hydroxylation sites is 1. The summed E-state index contributed by atoms with van der Waals surface area (Å²) in [5.74, 6) is -0.939. The Labute approximate surface area is 144 Å². The number of halogens is 1. The van der Waals surface area contributed by atoms with E-state index in [0.717, 1.165) is 0 Å². The summed E-state index contributed by atoms with van der Waals surface area (Å²) in [5, 5.41) is 4.17. The molecule has 0 radical (unpaired) electrons. The first-order chi connectivity index (χ1) is 11.9. The van der Waals surface area contributed by atoms with Gasteiger partial charge < -0.3 is 9.64 Å². The highest BCUT2D eigenvalue weighted by atomic mass is 19.1. The number of benzene rings is 1. The van der Waals surface area contributed by atoms with Gasteiger partial charge in [0.15, 0.2) is 5.69 Å². The van der Waals surface area contributed by atoms with Crippen molar-refractivity contribution in [2.24, 2.45) is 0 Å². The zero-order valence-corrected chi connectivity index (χ0v) is 14.4. The molecular weight excluding hydrogens is 325 g/mol. The first-order valence-electron chi connectivity index (χ1n) is 8.17. The van der Waals surface area contributed by atoms with Crippen molar-refractivity contribution in [2.45, 2.75) is 32.9 Å². The summed E-state index contributed by atoms with van der Waals surface area (Å²) >= 11 is 0. The van der Waals surface area contributed by atoms with Gasteiger partial charge in [-0.1, -0.05) is 12.1 Å². The summed E-state index contributed by atoms with van der Waals surface area (Å²) in [4.78, 5) is 26.8. The Kier molecular flexibility index (Phi) is 4.67. The highest BCUT2D eigenvalue weighted by molar-refractivity contribution is 5.92. The van der Waals surface area contributed by atoms with Gasteiger partial charge in [-0.05, 0) is 32.9 Å². The molecule has 1 amide bonds. The SMILES string of the molecule is Cc1cc(=O)c(C(=O)N2CC(C)OCC2C)nn1-c1ccccc1F. The molecule has 7 heteroatoms. The summed E-state index contributed by atoms with van der Waals surface area (Å²) in [6.45, 7) is 6.16. The van der Waals surface area contributed by atoms with Crippen LogP contribution in [0.1, 0.15) is 30.0 Å². The number of aromatic nitrogens is 2. The molecule has 0 saturated carbocycles. The Morgan fingerprint density at radius 3 is 2.76 bits per heavy atom. The molecule has 1 aliphatic rings.